The molecule has 2 aliphatic rings. The van der Waals surface area contributed by atoms with Gasteiger partial charge < -0.3 is 19.6 Å². The number of hydrogen-bond acceptors (Lipinski definition) is 5. The van der Waals surface area contributed by atoms with E-state index < -0.39 is 27.5 Å². The van der Waals surface area contributed by atoms with Crippen LogP contribution in [0.25, 0.3) is 11.1 Å². The number of carboxylic acids is 1. The van der Waals surface area contributed by atoms with E-state index in [1.54, 1.807) is 9.80 Å². The minimum atomic E-state index is -3.10. The Bertz CT molecular complexity index is 1330. The lowest BCUT2D eigenvalue weighted by molar-refractivity contribution is -0.160. The fraction of sp³-hybridized carbons (Fsp3) is 0.500. The van der Waals surface area contributed by atoms with Crippen molar-refractivity contribution in [2.45, 2.75) is 66.3 Å². The van der Waals surface area contributed by atoms with Crippen LogP contribution in [0, 0.1) is 20.8 Å². The molecule has 2 amide bonds. The van der Waals surface area contributed by atoms with E-state index in [1.807, 2.05) is 65.8 Å². The molecule has 8 nitrogen and oxygen atoms in total. The molecule has 2 aromatic carbocycles. The van der Waals surface area contributed by atoms with Crippen molar-refractivity contribution in [1.82, 2.24) is 9.80 Å². The highest BCUT2D eigenvalue weighted by Crippen LogP contribution is 2.43. The molecule has 2 aliphatic heterocycles. The van der Waals surface area contributed by atoms with Crippen LogP contribution >= 0.6 is 0 Å². The molecule has 0 unspecified atom stereocenters. The third-order valence-corrected chi connectivity index (χ3v) is 8.81. The number of fused-ring (bicyclic) bond motifs is 1. The molecule has 200 valence electrons. The van der Waals surface area contributed by atoms with E-state index in [0.29, 0.717) is 18.7 Å². The van der Waals surface area contributed by atoms with Gasteiger partial charge in [-0.3, -0.25) is 0 Å². The van der Waals surface area contributed by atoms with Gasteiger partial charge in [0.25, 0.3) is 0 Å². The van der Waals surface area contributed by atoms with Crippen LogP contribution in [0.15, 0.2) is 24.3 Å². The maximum Gasteiger partial charge on any atom is 0.337 e. The third-order valence-electron chi connectivity index (χ3n) is 7.20. The highest BCUT2D eigenvalue weighted by atomic mass is 32.2. The number of benzene rings is 2. The van der Waals surface area contributed by atoms with Crippen LogP contribution in [-0.4, -0.2) is 65.5 Å². The summed E-state index contributed by atoms with van der Waals surface area (Å²) in [6.07, 6.45) is -1.18. The molecule has 0 radical (unpaired) electrons. The second-order valence-corrected chi connectivity index (χ2v) is 13.4. The Labute approximate surface area is 219 Å². The van der Waals surface area contributed by atoms with E-state index in [1.165, 1.54) is 0 Å². The number of amides is 2. The first-order valence-corrected chi connectivity index (χ1v) is 14.4. The number of sulfone groups is 1. The SMILES string of the molecule is Cc1ccc(-c2c(C)c3c(c(C)c2[C@H](OC(C)(C)C)C(=O)O)CN(C(=O)N2CCS(=O)(=O)CC2)C3)cc1. The summed E-state index contributed by atoms with van der Waals surface area (Å²) in [6, 6.07) is 7.80. The van der Waals surface area contributed by atoms with Crippen molar-refractivity contribution in [2.75, 3.05) is 24.6 Å². The van der Waals surface area contributed by atoms with Gasteiger partial charge in [0.1, 0.15) is 0 Å². The number of carbonyl (C=O) groups is 2. The van der Waals surface area contributed by atoms with Gasteiger partial charge in [-0.15, -0.1) is 0 Å². The maximum absolute atomic E-state index is 13.3. The minimum absolute atomic E-state index is 0.0241. The number of carbonyl (C=O) groups excluding carboxylic acids is 1. The van der Waals surface area contributed by atoms with Gasteiger partial charge in [-0.2, -0.15) is 0 Å². The van der Waals surface area contributed by atoms with E-state index in [-0.39, 0.29) is 30.6 Å². The van der Waals surface area contributed by atoms with Crippen LogP contribution < -0.4 is 0 Å². The number of carboxylic acid groups (broad SMARTS) is 1. The second-order valence-electron chi connectivity index (χ2n) is 11.1. The molecule has 0 bridgehead atoms. The smallest absolute Gasteiger partial charge is 0.337 e. The van der Waals surface area contributed by atoms with Gasteiger partial charge in [0.15, 0.2) is 15.9 Å². The normalized spacial score (nSPS) is 18.0. The number of aliphatic carboxylic acids is 1. The van der Waals surface area contributed by atoms with Crippen molar-refractivity contribution in [2.24, 2.45) is 0 Å². The Morgan fingerprint density at radius 3 is 1.97 bits per heavy atom. The average molecular weight is 529 g/mol. The summed E-state index contributed by atoms with van der Waals surface area (Å²) in [4.78, 5) is 29.2. The summed E-state index contributed by atoms with van der Waals surface area (Å²) >= 11 is 0. The number of rotatable bonds is 4. The number of aryl methyl sites for hydroxylation is 1. The van der Waals surface area contributed by atoms with Gasteiger partial charge in [-0.1, -0.05) is 29.8 Å². The summed E-state index contributed by atoms with van der Waals surface area (Å²) < 4.78 is 29.8. The van der Waals surface area contributed by atoms with Crippen molar-refractivity contribution < 1.29 is 27.9 Å². The maximum atomic E-state index is 13.3. The zero-order valence-electron chi connectivity index (χ0n) is 22.4. The molecule has 4 rings (SSSR count). The first kappa shape index (κ1) is 27.1. The molecule has 1 fully saturated rings. The van der Waals surface area contributed by atoms with E-state index in [0.717, 1.165) is 38.9 Å². The highest BCUT2D eigenvalue weighted by molar-refractivity contribution is 7.91. The van der Waals surface area contributed by atoms with Crippen molar-refractivity contribution in [3.8, 4) is 11.1 Å². The lowest BCUT2D eigenvalue weighted by Gasteiger charge is -2.30. The second kappa shape index (κ2) is 9.76. The Kier molecular flexibility index (Phi) is 7.16. The number of urea groups is 1. The van der Waals surface area contributed by atoms with Gasteiger partial charge in [0.05, 0.1) is 17.1 Å². The zero-order chi connectivity index (χ0) is 27.3. The van der Waals surface area contributed by atoms with Crippen LogP contribution in [0.1, 0.15) is 60.3 Å². The molecule has 2 heterocycles. The Morgan fingerprint density at radius 2 is 1.46 bits per heavy atom. The summed E-state index contributed by atoms with van der Waals surface area (Å²) in [6.45, 7) is 12.5. The quantitative estimate of drug-likeness (QED) is 0.631. The van der Waals surface area contributed by atoms with Crippen molar-refractivity contribution in [1.29, 1.82) is 0 Å². The predicted octanol–water partition coefficient (Wildman–Crippen LogP) is 4.39. The van der Waals surface area contributed by atoms with Gasteiger partial charge in [-0.05, 0) is 74.9 Å². The third kappa shape index (κ3) is 5.52. The molecular weight excluding hydrogens is 492 g/mol. The van der Waals surface area contributed by atoms with Crippen molar-refractivity contribution >= 4 is 21.8 Å². The number of nitrogens with zero attached hydrogens (tertiary/aromatic N) is 2. The molecule has 9 heteroatoms. The fourth-order valence-electron chi connectivity index (χ4n) is 5.27. The molecule has 1 N–H and O–H groups in total. The number of ether oxygens (including phenoxy) is 1. The van der Waals surface area contributed by atoms with Gasteiger partial charge in [-0.25, -0.2) is 18.0 Å². The van der Waals surface area contributed by atoms with Crippen LogP contribution in [0.5, 0.6) is 0 Å². The van der Waals surface area contributed by atoms with Crippen LogP contribution in [0.3, 0.4) is 0 Å². The van der Waals surface area contributed by atoms with Crippen molar-refractivity contribution in [3.63, 3.8) is 0 Å². The van der Waals surface area contributed by atoms with Crippen molar-refractivity contribution in [3.05, 3.63) is 57.6 Å². The molecule has 1 saturated heterocycles. The first-order valence-electron chi connectivity index (χ1n) is 12.6. The summed E-state index contributed by atoms with van der Waals surface area (Å²) in [7, 11) is -3.10. The Morgan fingerprint density at radius 1 is 0.919 bits per heavy atom. The lowest BCUT2D eigenvalue weighted by Crippen LogP contribution is -2.48. The van der Waals surface area contributed by atoms with Gasteiger partial charge >= 0.3 is 12.0 Å². The standard InChI is InChI=1S/C28H36N2O6S/c1-17-7-9-20(10-8-17)23-18(2)21-15-30(27(33)29-11-13-37(34,35)14-12-29)16-22(21)19(3)24(23)25(26(31)32)36-28(4,5)6/h7-10,25H,11-16H2,1-6H3,(H,31,32)/t25-/m0/s1. The minimum Gasteiger partial charge on any atom is -0.479 e. The first-order chi connectivity index (χ1) is 17.2. The lowest BCUT2D eigenvalue weighted by atomic mass is 9.83. The monoisotopic (exact) mass is 528 g/mol. The van der Waals surface area contributed by atoms with Crippen LogP contribution in [0.2, 0.25) is 0 Å². The average Bonchev–Trinajstić information content (AvgIpc) is 3.26. The van der Waals surface area contributed by atoms with E-state index in [9.17, 15) is 23.1 Å². The Balaban J connectivity index is 1.81. The molecule has 0 aliphatic carbocycles. The summed E-state index contributed by atoms with van der Waals surface area (Å²) in [5.74, 6) is -1.11. The largest absolute Gasteiger partial charge is 0.479 e. The molecule has 0 spiro atoms. The van der Waals surface area contributed by atoms with E-state index in [4.69, 9.17) is 4.74 Å². The van der Waals surface area contributed by atoms with E-state index in [2.05, 4.69) is 0 Å². The van der Waals surface area contributed by atoms with E-state index >= 15 is 0 Å². The topological polar surface area (TPSA) is 104 Å². The summed E-state index contributed by atoms with van der Waals surface area (Å²) in [5, 5.41) is 10.3. The molecular formula is C28H36N2O6S. The fourth-order valence-corrected chi connectivity index (χ4v) is 6.47. The van der Waals surface area contributed by atoms with Gasteiger partial charge in [0.2, 0.25) is 0 Å². The summed E-state index contributed by atoms with van der Waals surface area (Å²) in [5.41, 5.74) is 6.43. The molecule has 2 aromatic rings. The predicted molar refractivity (Wildman–Crippen MR) is 142 cm³/mol. The highest BCUT2D eigenvalue weighted by Gasteiger charge is 2.37. The van der Waals surface area contributed by atoms with Gasteiger partial charge in [0, 0.05) is 31.7 Å². The molecule has 1 atom stereocenters. The molecule has 0 saturated carbocycles. The number of hydrogen-bond donors (Lipinski definition) is 1. The van der Waals surface area contributed by atoms with Crippen LogP contribution in [-0.2, 0) is 32.5 Å². The van der Waals surface area contributed by atoms with Crippen LogP contribution in [0.4, 0.5) is 4.79 Å². The molecule has 37 heavy (non-hydrogen) atoms. The molecule has 0 aromatic heterocycles. The zero-order valence-corrected chi connectivity index (χ0v) is 23.2. The Hall–Kier alpha value is -2.91.